The zero-order valence-electron chi connectivity index (χ0n) is 47.9. The molecule has 1 aromatic heterocycles. The van der Waals surface area contributed by atoms with Crippen LogP contribution in [0.3, 0.4) is 0 Å². The highest BCUT2D eigenvalue weighted by Crippen LogP contribution is 2.54. The van der Waals surface area contributed by atoms with E-state index in [9.17, 15) is 0 Å². The number of hydrogen-bond acceptors (Lipinski definition) is 3. The third-order valence-electron chi connectivity index (χ3n) is 17.9. The molecule has 0 amide bonds. The fourth-order valence-electron chi connectivity index (χ4n) is 12.6. The second-order valence-corrected chi connectivity index (χ2v) is 27.7. The molecule has 3 aliphatic rings. The lowest BCUT2D eigenvalue weighted by Gasteiger charge is -2.45. The van der Waals surface area contributed by atoms with Crippen LogP contribution in [-0.2, 0) is 32.2 Å². The summed E-state index contributed by atoms with van der Waals surface area (Å²) in [6, 6.07) is 35.1. The Labute approximate surface area is 489 Å². The van der Waals surface area contributed by atoms with Crippen LogP contribution < -0.4 is 69.2 Å². The third kappa shape index (κ3) is 8.81. The van der Waals surface area contributed by atoms with Gasteiger partial charge in [0.05, 0.1) is 34.9 Å². The van der Waals surface area contributed by atoms with Crippen LogP contribution in [0.4, 0.5) is 34.1 Å². The normalized spacial score (nSPS) is 15.7. The number of fused-ring (bicyclic) bond motifs is 7. The zero-order valence-corrected chi connectivity index (χ0v) is 48.7. The van der Waals surface area contributed by atoms with Gasteiger partial charge in [0.2, 0.25) is 0 Å². The molecule has 2 aliphatic heterocycles. The first-order chi connectivity index (χ1) is 36.6. The van der Waals surface area contributed by atoms with Gasteiger partial charge in [-0.25, -0.2) is 0 Å². The molecule has 7 aromatic carbocycles. The Balaban J connectivity index is 1.32. The average Bonchev–Trinajstić information content (AvgIpc) is 4.00. The summed E-state index contributed by atoms with van der Waals surface area (Å²) < 4.78 is 2.41. The van der Waals surface area contributed by atoms with Gasteiger partial charge in [-0.3, -0.25) is 0 Å². The van der Waals surface area contributed by atoms with E-state index in [-0.39, 0.29) is 55.7 Å². The summed E-state index contributed by atoms with van der Waals surface area (Å²) in [6.07, 6.45) is 2.17. The van der Waals surface area contributed by atoms with E-state index >= 15 is 0 Å². The minimum Gasteiger partial charge on any atom is -0.311 e. The number of nitrogens with zero attached hydrogens (tertiary/aromatic N) is 2. The summed E-state index contributed by atoms with van der Waals surface area (Å²) in [6.45, 7) is 26.9. The highest BCUT2D eigenvalue weighted by atomic mass is 32.1. The van der Waals surface area contributed by atoms with Crippen LogP contribution in [0.25, 0.3) is 21.2 Å². The minimum atomic E-state index is -1.77. The van der Waals surface area contributed by atoms with Crippen LogP contribution >= 0.6 is 11.3 Å². The molecular weight excluding hydrogens is 959 g/mol. The van der Waals surface area contributed by atoms with E-state index in [1.807, 2.05) is 23.5 Å². The molecule has 0 unspecified atom stereocenters. The Hall–Kier alpha value is -5.12. The lowest BCUT2D eigenvalue weighted by Crippen LogP contribution is -2.61. The molecule has 0 atom stereocenters. The lowest BCUT2D eigenvalue weighted by atomic mass is 9.35. The summed E-state index contributed by atoms with van der Waals surface area (Å²) in [7, 11) is 74.5. The number of rotatable bonds is 6. The second kappa shape index (κ2) is 18.4. The lowest BCUT2D eigenvalue weighted by molar-refractivity contribution is 0.332. The largest absolute Gasteiger partial charge is 0.311 e. The van der Waals surface area contributed by atoms with Gasteiger partial charge in [0.1, 0.15) is 62.8 Å². The minimum absolute atomic E-state index is 0.0239. The Morgan fingerprint density at radius 3 is 1.54 bits per heavy atom. The molecule has 0 bridgehead atoms. The molecule has 22 radical (unpaired) electrons. The van der Waals surface area contributed by atoms with Gasteiger partial charge in [-0.05, 0) is 139 Å². The molecule has 8 aromatic rings. The molecule has 2 nitrogen and oxygen atoms in total. The quantitative estimate of drug-likeness (QED) is 0.220. The van der Waals surface area contributed by atoms with Crippen molar-refractivity contribution in [3.05, 3.63) is 136 Å². The predicted octanol–water partition coefficient (Wildman–Crippen LogP) is 4.89. The molecule has 15 heteroatoms. The van der Waals surface area contributed by atoms with Crippen LogP contribution in [0.5, 0.6) is 0 Å². The average molecular weight is 1010 g/mol. The maximum atomic E-state index is 7.09. The Kier molecular flexibility index (Phi) is 13.0. The van der Waals surface area contributed by atoms with Gasteiger partial charge in [0, 0.05) is 48.6 Å². The van der Waals surface area contributed by atoms with E-state index in [0.717, 1.165) is 74.6 Å². The van der Waals surface area contributed by atoms with E-state index in [2.05, 4.69) is 178 Å². The van der Waals surface area contributed by atoms with Crippen molar-refractivity contribution in [2.24, 2.45) is 0 Å². The molecule has 0 spiro atoms. The van der Waals surface area contributed by atoms with Gasteiger partial charge in [-0.15, -0.1) is 49.2 Å². The van der Waals surface area contributed by atoms with Crippen molar-refractivity contribution in [3.8, 4) is 11.1 Å². The van der Waals surface area contributed by atoms with E-state index in [1.54, 1.807) is 0 Å². The summed E-state index contributed by atoms with van der Waals surface area (Å²) in [5, 5.41) is -0.593. The Morgan fingerprint density at radius 1 is 0.481 bits per heavy atom. The summed E-state index contributed by atoms with van der Waals surface area (Å²) >= 11 is 1.86. The zero-order chi connectivity index (χ0) is 57.3. The van der Waals surface area contributed by atoms with Crippen molar-refractivity contribution in [1.82, 2.24) is 0 Å². The Bertz CT molecular complexity index is 3840. The topological polar surface area (TPSA) is 6.48 Å². The second-order valence-electron chi connectivity index (χ2n) is 26.6. The fourth-order valence-corrected chi connectivity index (χ4v) is 13.9. The molecule has 11 rings (SSSR count). The smallest absolute Gasteiger partial charge is 0.264 e. The first-order valence-electron chi connectivity index (χ1n) is 27.3. The van der Waals surface area contributed by atoms with E-state index < -0.39 is 10.5 Å². The third-order valence-corrected chi connectivity index (χ3v) is 19.1. The van der Waals surface area contributed by atoms with Gasteiger partial charge >= 0.3 is 0 Å². The molecule has 364 valence electrons. The predicted molar refractivity (Wildman–Crippen MR) is 355 cm³/mol. The van der Waals surface area contributed by atoms with Crippen LogP contribution in [-0.4, -0.2) is 93.0 Å². The van der Waals surface area contributed by atoms with Gasteiger partial charge < -0.3 is 9.80 Å². The standard InChI is InChI=1S/C64H56B12N2S/c1-59(2,3)31-13-17-36(18-14-31)77-46-27-35(64(73,74)75)28-47-56(46)76(58-57(77)38-29-39-40(30-48(38)79-58)62(9,10)22-21-61(39,7)8)43-26-33(63(11,12)34-24-41(65)50(67)42(66)25-34)16-20-45(43)78(47)44-19-15-32(60(4,5)6)23-37(44)49-51(68)53(70)55(72)54(71)52(49)69/h13-20,23-30H,21-22H2,1-12H3. The van der Waals surface area contributed by atoms with E-state index in [4.69, 9.17) is 86.3 Å². The van der Waals surface area contributed by atoms with Crippen LogP contribution in [0, 0.1) is 0 Å². The van der Waals surface area contributed by atoms with Crippen molar-refractivity contribution in [2.45, 2.75) is 128 Å². The van der Waals surface area contributed by atoms with Gasteiger partial charge in [-0.1, -0.05) is 142 Å². The van der Waals surface area contributed by atoms with E-state index in [0.29, 0.717) is 33.1 Å². The number of benzene rings is 7. The van der Waals surface area contributed by atoms with Gasteiger partial charge in [0.15, 0.2) is 0 Å². The number of anilines is 6. The molecule has 79 heavy (non-hydrogen) atoms. The first kappa shape index (κ1) is 55.8. The number of hydrogen-bond donors (Lipinski definition) is 0. The van der Waals surface area contributed by atoms with Gasteiger partial charge in [-0.2, -0.15) is 0 Å². The molecule has 0 fully saturated rings. The van der Waals surface area contributed by atoms with Crippen molar-refractivity contribution in [3.63, 3.8) is 0 Å². The summed E-state index contributed by atoms with van der Waals surface area (Å²) in [5.41, 5.74) is 17.2. The molecule has 3 heterocycles. The molecule has 0 N–H and O–H groups in total. The maximum Gasteiger partial charge on any atom is 0.264 e. The van der Waals surface area contributed by atoms with Crippen molar-refractivity contribution in [1.29, 1.82) is 0 Å². The van der Waals surface area contributed by atoms with E-state index in [1.165, 1.54) is 31.6 Å². The molecule has 0 saturated heterocycles. The number of thiophene rings is 1. The highest BCUT2D eigenvalue weighted by Gasteiger charge is 2.48. The monoisotopic (exact) mass is 1020 g/mol. The van der Waals surface area contributed by atoms with Crippen molar-refractivity contribution in [2.75, 3.05) is 9.80 Å². The van der Waals surface area contributed by atoms with Crippen LogP contribution in [0.2, 0.25) is 0 Å². The maximum absolute atomic E-state index is 7.09. The van der Waals surface area contributed by atoms with Crippen molar-refractivity contribution >= 4 is 208 Å². The van der Waals surface area contributed by atoms with Crippen molar-refractivity contribution < 1.29 is 0 Å². The fraction of sp³-hybridized carbons (Fsp3) is 0.312. The van der Waals surface area contributed by atoms with Crippen LogP contribution in [0.15, 0.2) is 97.1 Å². The van der Waals surface area contributed by atoms with Gasteiger partial charge in [0.25, 0.3) is 6.71 Å². The summed E-state index contributed by atoms with van der Waals surface area (Å²) in [4.78, 5) is 4.71. The first-order valence-corrected chi connectivity index (χ1v) is 28.1. The summed E-state index contributed by atoms with van der Waals surface area (Å²) in [5.74, 6) is 0. The highest BCUT2D eigenvalue weighted by molar-refractivity contribution is 7.33. The van der Waals surface area contributed by atoms with Crippen LogP contribution in [0.1, 0.15) is 135 Å². The molecule has 0 saturated carbocycles. The Morgan fingerprint density at radius 2 is 0.987 bits per heavy atom. The molecular formula is C64H56B12N2S. The molecule has 1 aliphatic carbocycles. The SMILES string of the molecule is [B]c1cc(C(C)(C)c2ccc3c(c2)B2c4sc5cc6c(cc5c4N(c4ccc(C(C)(C)C)cc4)c4cc(C([B])([B])[B])cc(c42)N3c2ccc(C(C)(C)C)cc2-c2c([B])c([B])c([B])c([B])c2[B])C(C)(C)CCC6(C)C)cc([B])c1[B].